The van der Waals surface area contributed by atoms with E-state index in [1.165, 1.54) is 4.90 Å². The maximum absolute atomic E-state index is 14.5. The normalized spacial score (nSPS) is 13.1. The van der Waals surface area contributed by atoms with Crippen LogP contribution in [0.5, 0.6) is 0 Å². The second-order valence-corrected chi connectivity index (χ2v) is 7.86. The van der Waals surface area contributed by atoms with E-state index in [4.69, 9.17) is 0 Å². The summed E-state index contributed by atoms with van der Waals surface area (Å²) < 4.78 is 53.0. The average molecular weight is 414 g/mol. The Morgan fingerprint density at radius 3 is 2.28 bits per heavy atom. The molecule has 2 rings (SSSR count). The number of H-pyrrole nitrogens is 1. The van der Waals surface area contributed by atoms with Gasteiger partial charge < -0.3 is 10.2 Å². The van der Waals surface area contributed by atoms with Gasteiger partial charge in [-0.2, -0.15) is 13.2 Å². The average Bonchev–Trinajstić information content (AvgIpc) is 2.57. The monoisotopic (exact) mass is 414 g/mol. The second-order valence-electron chi connectivity index (χ2n) is 7.86. The van der Waals surface area contributed by atoms with Crippen molar-refractivity contribution in [3.8, 4) is 0 Å². The van der Waals surface area contributed by atoms with E-state index in [2.05, 4.69) is 15.3 Å². The summed E-state index contributed by atoms with van der Waals surface area (Å²) in [6.07, 6.45) is -4.68. The van der Waals surface area contributed by atoms with Crippen LogP contribution in [0.1, 0.15) is 48.4 Å². The highest BCUT2D eigenvalue weighted by Crippen LogP contribution is 2.37. The zero-order chi connectivity index (χ0) is 22.1. The van der Waals surface area contributed by atoms with Crippen molar-refractivity contribution in [1.82, 2.24) is 15.3 Å². The van der Waals surface area contributed by atoms with Crippen LogP contribution in [0.4, 0.5) is 23.5 Å². The first-order valence-corrected chi connectivity index (χ1v) is 8.66. The molecule has 1 heterocycles. The summed E-state index contributed by atoms with van der Waals surface area (Å²) in [5.74, 6) is -1.69. The molecule has 1 aromatic heterocycles. The third kappa shape index (κ3) is 5.33. The third-order valence-corrected chi connectivity index (χ3v) is 4.17. The van der Waals surface area contributed by atoms with E-state index in [-0.39, 0.29) is 17.2 Å². The van der Waals surface area contributed by atoms with Gasteiger partial charge in [-0.1, -0.05) is 26.8 Å². The summed E-state index contributed by atoms with van der Waals surface area (Å²) in [5, 5.41) is 2.59. The Morgan fingerprint density at radius 2 is 1.79 bits per heavy atom. The van der Waals surface area contributed by atoms with Crippen molar-refractivity contribution in [2.24, 2.45) is 5.41 Å². The molecule has 0 fully saturated rings. The minimum absolute atomic E-state index is 0.100. The van der Waals surface area contributed by atoms with Crippen LogP contribution in [0.3, 0.4) is 0 Å². The Hall–Kier alpha value is -2.91. The summed E-state index contributed by atoms with van der Waals surface area (Å²) in [4.78, 5) is 32.5. The molecular weight excluding hydrogens is 392 g/mol. The number of hydrogen-bond acceptors (Lipinski definition) is 4. The van der Waals surface area contributed by atoms with E-state index < -0.39 is 40.5 Å². The lowest BCUT2D eigenvalue weighted by Crippen LogP contribution is -2.38. The molecule has 10 heteroatoms. The quantitative estimate of drug-likeness (QED) is 0.751. The van der Waals surface area contributed by atoms with Gasteiger partial charge in [-0.05, 0) is 17.5 Å². The van der Waals surface area contributed by atoms with Crippen molar-refractivity contribution < 1.29 is 22.4 Å². The van der Waals surface area contributed by atoms with Crippen LogP contribution in [0.25, 0.3) is 0 Å². The maximum Gasteiger partial charge on any atom is 0.416 e. The van der Waals surface area contributed by atoms with Crippen LogP contribution in [0.2, 0.25) is 0 Å². The molecule has 0 bridgehead atoms. The van der Waals surface area contributed by atoms with Crippen LogP contribution >= 0.6 is 0 Å². The lowest BCUT2D eigenvalue weighted by atomic mass is 9.81. The van der Waals surface area contributed by atoms with Gasteiger partial charge in [0, 0.05) is 25.7 Å². The van der Waals surface area contributed by atoms with Crippen molar-refractivity contribution in [2.45, 2.75) is 33.0 Å². The number of halogens is 4. The Morgan fingerprint density at radius 1 is 1.17 bits per heavy atom. The molecule has 0 radical (unpaired) electrons. The van der Waals surface area contributed by atoms with Crippen LogP contribution in [0.15, 0.2) is 29.1 Å². The predicted octanol–water partition coefficient (Wildman–Crippen LogP) is 3.51. The first-order valence-electron chi connectivity index (χ1n) is 8.66. The van der Waals surface area contributed by atoms with E-state index in [1.807, 2.05) is 0 Å². The molecule has 2 N–H and O–H groups in total. The van der Waals surface area contributed by atoms with E-state index >= 15 is 0 Å². The molecule has 0 aliphatic rings. The Balaban J connectivity index is 2.43. The number of anilines is 1. The molecule has 0 unspecified atom stereocenters. The van der Waals surface area contributed by atoms with Crippen molar-refractivity contribution in [3.05, 3.63) is 57.3 Å². The number of carbonyl (C=O) groups excluding carboxylic acids is 1. The number of alkyl halides is 3. The zero-order valence-electron chi connectivity index (χ0n) is 16.6. The first kappa shape index (κ1) is 22.4. The molecule has 1 aromatic carbocycles. The molecule has 29 heavy (non-hydrogen) atoms. The standard InChI is InChI=1S/C19H22F4N4O2/c1-18(2,3)15(11-7-6-10(8-12(11)20)19(21,22)23)26-16(29)13-9-14(28)25-17(24-13)27(4)5/h6-9,15H,1-5H3,(H,26,29)(H,24,25,28)/t15-/m0/s1. The summed E-state index contributed by atoms with van der Waals surface area (Å²) in [6, 6.07) is 2.19. The van der Waals surface area contributed by atoms with E-state index in [0.29, 0.717) is 6.07 Å². The minimum atomic E-state index is -4.68. The Kier molecular flexibility index (Phi) is 6.05. The van der Waals surface area contributed by atoms with Gasteiger partial charge in [-0.15, -0.1) is 0 Å². The molecule has 6 nitrogen and oxygen atoms in total. The number of nitrogens with zero attached hydrogens (tertiary/aromatic N) is 2. The zero-order valence-corrected chi connectivity index (χ0v) is 16.6. The van der Waals surface area contributed by atoms with Crippen LogP contribution in [0, 0.1) is 11.2 Å². The van der Waals surface area contributed by atoms with Crippen molar-refractivity contribution in [2.75, 3.05) is 19.0 Å². The minimum Gasteiger partial charge on any atom is -0.348 e. The molecule has 0 aliphatic heterocycles. The molecule has 1 atom stereocenters. The highest BCUT2D eigenvalue weighted by molar-refractivity contribution is 5.92. The number of hydrogen-bond donors (Lipinski definition) is 2. The smallest absolute Gasteiger partial charge is 0.348 e. The molecule has 2 aromatic rings. The highest BCUT2D eigenvalue weighted by Gasteiger charge is 2.35. The van der Waals surface area contributed by atoms with Gasteiger partial charge in [0.1, 0.15) is 11.5 Å². The fourth-order valence-electron chi connectivity index (χ4n) is 2.68. The molecule has 0 aliphatic carbocycles. The molecule has 0 saturated heterocycles. The second kappa shape index (κ2) is 7.84. The van der Waals surface area contributed by atoms with Crippen LogP contribution in [-0.4, -0.2) is 30.0 Å². The largest absolute Gasteiger partial charge is 0.416 e. The van der Waals surface area contributed by atoms with E-state index in [1.54, 1.807) is 34.9 Å². The summed E-state index contributed by atoms with van der Waals surface area (Å²) in [6.45, 7) is 5.10. The molecule has 158 valence electrons. The van der Waals surface area contributed by atoms with Gasteiger partial charge in [0.05, 0.1) is 11.6 Å². The molecule has 0 saturated carbocycles. The number of rotatable bonds is 4. The number of benzene rings is 1. The lowest BCUT2D eigenvalue weighted by molar-refractivity contribution is -0.137. The molecule has 1 amide bonds. The third-order valence-electron chi connectivity index (χ3n) is 4.17. The summed E-state index contributed by atoms with van der Waals surface area (Å²) in [5.41, 5.74) is -2.72. The van der Waals surface area contributed by atoms with Gasteiger partial charge in [0.25, 0.3) is 11.5 Å². The number of aromatic amines is 1. The summed E-state index contributed by atoms with van der Waals surface area (Å²) >= 11 is 0. The van der Waals surface area contributed by atoms with Crippen LogP contribution < -0.4 is 15.8 Å². The van der Waals surface area contributed by atoms with Gasteiger partial charge >= 0.3 is 6.18 Å². The van der Waals surface area contributed by atoms with Gasteiger partial charge in [-0.25, -0.2) is 9.37 Å². The van der Waals surface area contributed by atoms with Crippen molar-refractivity contribution in [3.63, 3.8) is 0 Å². The van der Waals surface area contributed by atoms with Crippen molar-refractivity contribution >= 4 is 11.9 Å². The van der Waals surface area contributed by atoms with Crippen LogP contribution in [-0.2, 0) is 6.18 Å². The van der Waals surface area contributed by atoms with Gasteiger partial charge in [-0.3, -0.25) is 14.6 Å². The Labute approximate surface area is 165 Å². The van der Waals surface area contributed by atoms with Crippen molar-refractivity contribution in [1.29, 1.82) is 0 Å². The van der Waals surface area contributed by atoms with E-state index in [0.717, 1.165) is 18.2 Å². The SMILES string of the molecule is CN(C)c1nc(C(=O)N[C@@H](c2ccc(C(F)(F)F)cc2F)C(C)(C)C)cc(=O)[nH]1. The maximum atomic E-state index is 14.5. The lowest BCUT2D eigenvalue weighted by Gasteiger charge is -2.32. The van der Waals surface area contributed by atoms with Gasteiger partial charge in [0.2, 0.25) is 5.95 Å². The number of amides is 1. The topological polar surface area (TPSA) is 78.1 Å². The number of nitrogens with one attached hydrogen (secondary N) is 2. The fraction of sp³-hybridized carbons (Fsp3) is 0.421. The first-order chi connectivity index (χ1) is 13.2. The fourth-order valence-corrected chi connectivity index (χ4v) is 2.68. The van der Waals surface area contributed by atoms with Gasteiger partial charge in [0.15, 0.2) is 0 Å². The molecular formula is C19H22F4N4O2. The number of carbonyl (C=O) groups is 1. The number of aromatic nitrogens is 2. The van der Waals surface area contributed by atoms with E-state index in [9.17, 15) is 27.2 Å². The Bertz CT molecular complexity index is 962. The highest BCUT2D eigenvalue weighted by atomic mass is 19.4. The predicted molar refractivity (Wildman–Crippen MR) is 100 cm³/mol. The molecule has 0 spiro atoms. The summed E-state index contributed by atoms with van der Waals surface area (Å²) in [7, 11) is 3.24.